The molecule has 0 unspecified atom stereocenters. The number of benzene rings is 2. The molecule has 0 heterocycles. The lowest BCUT2D eigenvalue weighted by Gasteiger charge is -2.12. The third kappa shape index (κ3) is 5.76. The zero-order valence-corrected chi connectivity index (χ0v) is 14.7. The maximum absolute atomic E-state index is 12.4. The largest absolute Gasteiger partial charge is 0.493 e. The quantitative estimate of drug-likeness (QED) is 0.760. The summed E-state index contributed by atoms with van der Waals surface area (Å²) in [5.41, 5.74) is 1.31. The van der Waals surface area contributed by atoms with Crippen LogP contribution in [0, 0.1) is 0 Å². The van der Waals surface area contributed by atoms with Crippen molar-refractivity contribution in [2.75, 3.05) is 7.11 Å². The molecule has 2 aromatic carbocycles. The number of carbonyl (C=O) groups excluding carboxylic acids is 1. The molecule has 0 bridgehead atoms. The van der Waals surface area contributed by atoms with Crippen LogP contribution in [-0.4, -0.2) is 19.6 Å². The van der Waals surface area contributed by atoms with Crippen molar-refractivity contribution in [3.05, 3.63) is 57.6 Å². The van der Waals surface area contributed by atoms with E-state index in [4.69, 9.17) is 27.9 Å². The monoisotopic (exact) mass is 389 g/mol. The number of amides is 1. The highest BCUT2D eigenvalue weighted by Gasteiger charge is 2.12. The molecule has 8 heteroatoms. The van der Waals surface area contributed by atoms with Crippen LogP contribution in [-0.2, 0) is 17.8 Å². The van der Waals surface area contributed by atoms with Gasteiger partial charge in [0.15, 0.2) is 11.5 Å². The number of hydrogen-bond acceptors (Lipinski definition) is 3. The van der Waals surface area contributed by atoms with E-state index < -0.39 is 6.61 Å². The van der Waals surface area contributed by atoms with Gasteiger partial charge in [-0.2, -0.15) is 8.78 Å². The molecule has 1 N–H and O–H groups in total. The molecule has 0 aliphatic carbocycles. The minimum atomic E-state index is -2.96. The van der Waals surface area contributed by atoms with E-state index in [0.29, 0.717) is 21.2 Å². The van der Waals surface area contributed by atoms with E-state index in [-0.39, 0.29) is 30.4 Å². The van der Waals surface area contributed by atoms with E-state index >= 15 is 0 Å². The van der Waals surface area contributed by atoms with Crippen molar-refractivity contribution in [1.82, 2.24) is 5.32 Å². The predicted octanol–water partition coefficient (Wildman–Crippen LogP) is 4.46. The lowest BCUT2D eigenvalue weighted by atomic mass is 10.1. The number of methoxy groups -OCH3 is 1. The van der Waals surface area contributed by atoms with Gasteiger partial charge in [0, 0.05) is 6.54 Å². The molecule has 4 nitrogen and oxygen atoms in total. The van der Waals surface area contributed by atoms with Gasteiger partial charge in [-0.05, 0) is 35.4 Å². The number of halogens is 4. The van der Waals surface area contributed by atoms with E-state index in [1.807, 2.05) is 0 Å². The fraction of sp³-hybridized carbons (Fsp3) is 0.235. The summed E-state index contributed by atoms with van der Waals surface area (Å²) in [6, 6.07) is 9.48. The Morgan fingerprint density at radius 2 is 1.80 bits per heavy atom. The Hall–Kier alpha value is -2.05. The van der Waals surface area contributed by atoms with Crippen LogP contribution < -0.4 is 14.8 Å². The van der Waals surface area contributed by atoms with Crippen LogP contribution in [0.1, 0.15) is 11.1 Å². The van der Waals surface area contributed by atoms with Crippen LogP contribution >= 0.6 is 23.2 Å². The lowest BCUT2D eigenvalue weighted by molar-refractivity contribution is -0.120. The van der Waals surface area contributed by atoms with Gasteiger partial charge >= 0.3 is 6.61 Å². The Morgan fingerprint density at radius 3 is 2.44 bits per heavy atom. The van der Waals surface area contributed by atoms with Gasteiger partial charge in [0.25, 0.3) is 0 Å². The summed E-state index contributed by atoms with van der Waals surface area (Å²) in [5, 5.41) is 3.48. The Kier molecular flexibility index (Phi) is 6.84. The topological polar surface area (TPSA) is 47.6 Å². The average Bonchev–Trinajstić information content (AvgIpc) is 2.56. The first kappa shape index (κ1) is 19.3. The SMILES string of the molecule is COc1ccc(CNC(=O)Cc2ccc(Cl)c(Cl)c2)cc1OC(F)F. The number of alkyl halides is 2. The van der Waals surface area contributed by atoms with Crippen molar-refractivity contribution in [2.45, 2.75) is 19.6 Å². The number of ether oxygens (including phenoxy) is 2. The van der Waals surface area contributed by atoms with Gasteiger partial charge in [0.1, 0.15) is 0 Å². The highest BCUT2D eigenvalue weighted by Crippen LogP contribution is 2.29. The minimum absolute atomic E-state index is 0.0891. The molecule has 0 aliphatic heterocycles. The molecule has 0 fully saturated rings. The maximum atomic E-state index is 12.4. The Balaban J connectivity index is 1.97. The van der Waals surface area contributed by atoms with E-state index in [2.05, 4.69) is 10.1 Å². The van der Waals surface area contributed by atoms with Gasteiger partial charge in [0.2, 0.25) is 5.91 Å². The molecular weight excluding hydrogens is 375 g/mol. The number of rotatable bonds is 7. The summed E-state index contributed by atoms with van der Waals surface area (Å²) in [6.07, 6.45) is 0.118. The first-order valence-electron chi connectivity index (χ1n) is 7.21. The Morgan fingerprint density at radius 1 is 1.08 bits per heavy atom. The molecule has 0 aliphatic rings. The maximum Gasteiger partial charge on any atom is 0.387 e. The second-order valence-corrected chi connectivity index (χ2v) is 5.88. The molecule has 2 aromatic rings. The average molecular weight is 390 g/mol. The molecule has 0 spiro atoms. The molecule has 0 atom stereocenters. The van der Waals surface area contributed by atoms with Crippen LogP contribution in [0.2, 0.25) is 10.0 Å². The molecular formula is C17H15Cl2F2NO3. The third-order valence-corrected chi connectivity index (χ3v) is 4.02. The van der Waals surface area contributed by atoms with Crippen molar-refractivity contribution in [2.24, 2.45) is 0 Å². The van der Waals surface area contributed by atoms with E-state index in [9.17, 15) is 13.6 Å². The molecule has 2 rings (SSSR count). The van der Waals surface area contributed by atoms with Gasteiger partial charge in [0.05, 0.1) is 23.6 Å². The van der Waals surface area contributed by atoms with Crippen LogP contribution in [0.3, 0.4) is 0 Å². The third-order valence-electron chi connectivity index (χ3n) is 3.28. The van der Waals surface area contributed by atoms with Gasteiger partial charge in [-0.25, -0.2) is 0 Å². The smallest absolute Gasteiger partial charge is 0.387 e. The minimum Gasteiger partial charge on any atom is -0.493 e. The highest BCUT2D eigenvalue weighted by atomic mass is 35.5. The summed E-state index contributed by atoms with van der Waals surface area (Å²) >= 11 is 11.7. The van der Waals surface area contributed by atoms with E-state index in [0.717, 1.165) is 0 Å². The second kappa shape index (κ2) is 8.87. The fourth-order valence-corrected chi connectivity index (χ4v) is 2.44. The number of carbonyl (C=O) groups is 1. The molecule has 134 valence electrons. The summed E-state index contributed by atoms with van der Waals surface area (Å²) in [4.78, 5) is 12.0. The molecule has 0 saturated carbocycles. The van der Waals surface area contributed by atoms with Crippen molar-refractivity contribution < 1.29 is 23.0 Å². The van der Waals surface area contributed by atoms with Crippen molar-refractivity contribution in [3.8, 4) is 11.5 Å². The van der Waals surface area contributed by atoms with Crippen molar-refractivity contribution in [3.63, 3.8) is 0 Å². The number of hydrogen-bond donors (Lipinski definition) is 1. The van der Waals surface area contributed by atoms with Gasteiger partial charge in [-0.15, -0.1) is 0 Å². The highest BCUT2D eigenvalue weighted by molar-refractivity contribution is 6.42. The van der Waals surface area contributed by atoms with E-state index in [1.165, 1.54) is 19.2 Å². The summed E-state index contributed by atoms with van der Waals surface area (Å²) < 4.78 is 34.2. The van der Waals surface area contributed by atoms with Gasteiger partial charge < -0.3 is 14.8 Å². The zero-order valence-electron chi connectivity index (χ0n) is 13.2. The van der Waals surface area contributed by atoms with Gasteiger partial charge in [-0.3, -0.25) is 4.79 Å². The van der Waals surface area contributed by atoms with E-state index in [1.54, 1.807) is 24.3 Å². The summed E-state index contributed by atoms with van der Waals surface area (Å²) in [6.45, 7) is -2.81. The standard InChI is InChI=1S/C17H15Cl2F2NO3/c1-24-14-5-3-11(7-15(14)25-17(20)21)9-22-16(23)8-10-2-4-12(18)13(19)6-10/h2-7,17H,8-9H2,1H3,(H,22,23). The van der Waals surface area contributed by atoms with Crippen LogP contribution in [0.15, 0.2) is 36.4 Å². The predicted molar refractivity (Wildman–Crippen MR) is 91.6 cm³/mol. The Labute approximate surface area is 153 Å². The normalized spacial score (nSPS) is 10.6. The summed E-state index contributed by atoms with van der Waals surface area (Å²) in [5.74, 6) is -0.148. The molecule has 25 heavy (non-hydrogen) atoms. The molecule has 0 radical (unpaired) electrons. The second-order valence-electron chi connectivity index (χ2n) is 5.07. The summed E-state index contributed by atoms with van der Waals surface area (Å²) in [7, 11) is 1.35. The van der Waals surface area contributed by atoms with Crippen LogP contribution in [0.25, 0.3) is 0 Å². The lowest BCUT2D eigenvalue weighted by Crippen LogP contribution is -2.24. The van der Waals surface area contributed by atoms with Crippen LogP contribution in [0.5, 0.6) is 11.5 Å². The molecule has 1 amide bonds. The molecule has 0 aromatic heterocycles. The molecule has 0 saturated heterocycles. The van der Waals surface area contributed by atoms with Crippen molar-refractivity contribution >= 4 is 29.1 Å². The van der Waals surface area contributed by atoms with Gasteiger partial charge in [-0.1, -0.05) is 35.3 Å². The Bertz CT molecular complexity index is 757. The first-order chi connectivity index (χ1) is 11.9. The number of nitrogens with one attached hydrogen (secondary N) is 1. The first-order valence-corrected chi connectivity index (χ1v) is 7.97. The zero-order chi connectivity index (χ0) is 18.4. The van der Waals surface area contributed by atoms with Crippen molar-refractivity contribution in [1.29, 1.82) is 0 Å². The fourth-order valence-electron chi connectivity index (χ4n) is 2.12. The van der Waals surface area contributed by atoms with Crippen LogP contribution in [0.4, 0.5) is 8.78 Å².